The molecule has 0 fully saturated rings. The number of carbonyl (C=O) groups excluding carboxylic acids is 1. The number of urea groups is 1. The van der Waals surface area contributed by atoms with Crippen LogP contribution in [-0.2, 0) is 19.5 Å². The minimum Gasteiger partial charge on any atom is -0.388 e. The van der Waals surface area contributed by atoms with Crippen LogP contribution in [0.2, 0.25) is 0 Å². The molecule has 0 saturated carbocycles. The molecule has 1 aliphatic rings. The van der Waals surface area contributed by atoms with Crippen LogP contribution in [0.3, 0.4) is 0 Å². The van der Waals surface area contributed by atoms with E-state index in [4.69, 9.17) is 0 Å². The quantitative estimate of drug-likeness (QED) is 0.544. The maximum atomic E-state index is 12.2. The van der Waals surface area contributed by atoms with Gasteiger partial charge in [0.15, 0.2) is 0 Å². The van der Waals surface area contributed by atoms with E-state index in [0.29, 0.717) is 32.4 Å². The van der Waals surface area contributed by atoms with Crippen LogP contribution < -0.4 is 16.3 Å². The van der Waals surface area contributed by atoms with Crippen molar-refractivity contribution in [1.29, 1.82) is 0 Å². The van der Waals surface area contributed by atoms with E-state index < -0.39 is 5.60 Å². The van der Waals surface area contributed by atoms with Crippen LogP contribution in [0, 0.1) is 0 Å². The summed E-state index contributed by atoms with van der Waals surface area (Å²) in [5.41, 5.74) is -0.878. The van der Waals surface area contributed by atoms with Gasteiger partial charge in [-0.2, -0.15) is 5.10 Å². The number of aromatic nitrogens is 3. The molecule has 2 heterocycles. The summed E-state index contributed by atoms with van der Waals surface area (Å²) < 4.78 is 3.26. The molecule has 1 aromatic rings. The van der Waals surface area contributed by atoms with Crippen LogP contribution >= 0.6 is 0 Å². The van der Waals surface area contributed by atoms with Crippen molar-refractivity contribution in [3.05, 3.63) is 16.3 Å². The van der Waals surface area contributed by atoms with E-state index in [1.807, 2.05) is 13.8 Å². The summed E-state index contributed by atoms with van der Waals surface area (Å²) in [5, 5.41) is 20.4. The highest BCUT2D eigenvalue weighted by Crippen LogP contribution is 2.18. The normalized spacial score (nSPS) is 14.1. The van der Waals surface area contributed by atoms with E-state index in [0.717, 1.165) is 44.5 Å². The Bertz CT molecular complexity index is 631. The van der Waals surface area contributed by atoms with Crippen LogP contribution in [0.15, 0.2) is 4.79 Å². The number of aliphatic hydroxyl groups is 1. The van der Waals surface area contributed by atoms with Gasteiger partial charge in [-0.15, -0.1) is 0 Å². The summed E-state index contributed by atoms with van der Waals surface area (Å²) in [6.07, 6.45) is 6.72. The Hall–Kier alpha value is -1.83. The Kier molecular flexibility index (Phi) is 7.68. The molecule has 0 aliphatic carbocycles. The number of carbonyl (C=O) groups is 1. The van der Waals surface area contributed by atoms with Crippen LogP contribution in [0.4, 0.5) is 4.79 Å². The lowest BCUT2D eigenvalue weighted by atomic mass is 9.93. The smallest absolute Gasteiger partial charge is 0.345 e. The number of nitrogens with zero attached hydrogens (tertiary/aromatic N) is 3. The molecule has 2 amide bonds. The SMILES string of the molecule is CCCC(O)(CCC)CNC(=O)NCCCn1nc2n(c1=O)CCCC2. The number of amides is 2. The molecule has 2 rings (SSSR count). The molecule has 0 radical (unpaired) electrons. The van der Waals surface area contributed by atoms with E-state index in [1.165, 1.54) is 4.68 Å². The van der Waals surface area contributed by atoms with Crippen LogP contribution in [0.5, 0.6) is 0 Å². The molecule has 3 N–H and O–H groups in total. The maximum Gasteiger partial charge on any atom is 0.345 e. The van der Waals surface area contributed by atoms with Crippen LogP contribution in [0.1, 0.15) is 64.6 Å². The van der Waals surface area contributed by atoms with Gasteiger partial charge in [0.05, 0.1) is 5.60 Å². The van der Waals surface area contributed by atoms with Gasteiger partial charge in [0.1, 0.15) is 5.82 Å². The van der Waals surface area contributed by atoms with Crippen molar-refractivity contribution in [1.82, 2.24) is 25.0 Å². The Balaban J connectivity index is 1.70. The van der Waals surface area contributed by atoms with Crippen LogP contribution in [-0.4, -0.2) is 44.2 Å². The highest BCUT2D eigenvalue weighted by atomic mass is 16.3. The molecule has 8 nitrogen and oxygen atoms in total. The van der Waals surface area contributed by atoms with Crippen molar-refractivity contribution in [2.45, 2.75) is 83.9 Å². The number of hydrogen-bond donors (Lipinski definition) is 3. The highest BCUT2D eigenvalue weighted by molar-refractivity contribution is 5.73. The van der Waals surface area contributed by atoms with Gasteiger partial charge < -0.3 is 15.7 Å². The van der Waals surface area contributed by atoms with E-state index in [9.17, 15) is 14.7 Å². The van der Waals surface area contributed by atoms with Gasteiger partial charge in [-0.05, 0) is 32.1 Å². The summed E-state index contributed by atoms with van der Waals surface area (Å²) in [7, 11) is 0. The second-order valence-corrected chi connectivity index (χ2v) is 7.22. The first-order valence-electron chi connectivity index (χ1n) is 9.89. The largest absolute Gasteiger partial charge is 0.388 e. The van der Waals surface area contributed by atoms with Gasteiger partial charge in [-0.25, -0.2) is 14.3 Å². The van der Waals surface area contributed by atoms with E-state index in [-0.39, 0.29) is 18.3 Å². The molecule has 0 spiro atoms. The fourth-order valence-electron chi connectivity index (χ4n) is 3.56. The zero-order valence-electron chi connectivity index (χ0n) is 16.1. The van der Waals surface area contributed by atoms with Crippen molar-refractivity contribution < 1.29 is 9.90 Å². The summed E-state index contributed by atoms with van der Waals surface area (Å²) in [4.78, 5) is 24.1. The summed E-state index contributed by atoms with van der Waals surface area (Å²) in [6.45, 7) is 6.02. The Morgan fingerprint density at radius 3 is 2.62 bits per heavy atom. The van der Waals surface area contributed by atoms with Gasteiger partial charge in [-0.1, -0.05) is 26.7 Å². The monoisotopic (exact) mass is 367 g/mol. The number of rotatable bonds is 10. The average Bonchev–Trinajstić information content (AvgIpc) is 2.94. The fourth-order valence-corrected chi connectivity index (χ4v) is 3.56. The number of fused-ring (bicyclic) bond motifs is 1. The third-order valence-electron chi connectivity index (χ3n) is 4.87. The molecular weight excluding hydrogens is 334 g/mol. The second kappa shape index (κ2) is 9.75. The number of nitrogens with one attached hydrogen (secondary N) is 2. The average molecular weight is 367 g/mol. The number of hydrogen-bond acceptors (Lipinski definition) is 4. The second-order valence-electron chi connectivity index (χ2n) is 7.22. The summed E-state index contributed by atoms with van der Waals surface area (Å²) in [6, 6.07) is -0.285. The molecular formula is C18H33N5O3. The molecule has 0 saturated heterocycles. The Labute approximate surface area is 155 Å². The minimum atomic E-state index is -0.830. The summed E-state index contributed by atoms with van der Waals surface area (Å²) in [5.74, 6) is 0.873. The van der Waals surface area contributed by atoms with Gasteiger partial charge in [0.25, 0.3) is 0 Å². The first kappa shape index (κ1) is 20.5. The first-order valence-corrected chi connectivity index (χ1v) is 9.89. The van der Waals surface area contributed by atoms with E-state index >= 15 is 0 Å². The molecule has 26 heavy (non-hydrogen) atoms. The third kappa shape index (κ3) is 5.59. The lowest BCUT2D eigenvalue weighted by molar-refractivity contribution is 0.0241. The lowest BCUT2D eigenvalue weighted by Crippen LogP contribution is -2.46. The van der Waals surface area contributed by atoms with E-state index in [1.54, 1.807) is 4.57 Å². The lowest BCUT2D eigenvalue weighted by Gasteiger charge is -2.27. The molecule has 148 valence electrons. The molecule has 8 heteroatoms. The molecule has 0 aromatic carbocycles. The third-order valence-corrected chi connectivity index (χ3v) is 4.87. The highest BCUT2D eigenvalue weighted by Gasteiger charge is 2.25. The Morgan fingerprint density at radius 2 is 1.96 bits per heavy atom. The fraction of sp³-hybridized carbons (Fsp3) is 0.833. The van der Waals surface area contributed by atoms with Gasteiger partial charge in [0, 0.05) is 32.6 Å². The molecule has 1 aromatic heterocycles. The van der Waals surface area contributed by atoms with Crippen molar-refractivity contribution >= 4 is 6.03 Å². The van der Waals surface area contributed by atoms with Gasteiger partial charge in [0.2, 0.25) is 0 Å². The summed E-state index contributed by atoms with van der Waals surface area (Å²) >= 11 is 0. The molecule has 0 atom stereocenters. The molecule has 0 unspecified atom stereocenters. The van der Waals surface area contributed by atoms with Crippen molar-refractivity contribution in [3.8, 4) is 0 Å². The standard InChI is InChI=1S/C18H33N5O3/c1-3-9-18(26,10-4-2)14-20-16(24)19-11-7-13-23-17(25)22-12-6-5-8-15(22)21-23/h26H,3-14H2,1-2H3,(H2,19,20,24). The van der Waals surface area contributed by atoms with Crippen molar-refractivity contribution in [3.63, 3.8) is 0 Å². The van der Waals surface area contributed by atoms with Crippen LogP contribution in [0.25, 0.3) is 0 Å². The Morgan fingerprint density at radius 1 is 1.23 bits per heavy atom. The number of aryl methyl sites for hydroxylation is 2. The minimum absolute atomic E-state index is 0.0478. The van der Waals surface area contributed by atoms with Gasteiger partial charge in [-0.3, -0.25) is 4.57 Å². The van der Waals surface area contributed by atoms with E-state index in [2.05, 4.69) is 15.7 Å². The topological polar surface area (TPSA) is 101 Å². The zero-order chi connectivity index (χ0) is 19.0. The predicted octanol–water partition coefficient (Wildman–Crippen LogP) is 1.40. The predicted molar refractivity (Wildman–Crippen MR) is 100 cm³/mol. The van der Waals surface area contributed by atoms with Crippen molar-refractivity contribution in [2.75, 3.05) is 13.1 Å². The van der Waals surface area contributed by atoms with Gasteiger partial charge >= 0.3 is 11.7 Å². The first-order chi connectivity index (χ1) is 12.5. The van der Waals surface area contributed by atoms with Crippen molar-refractivity contribution in [2.24, 2.45) is 0 Å². The zero-order valence-corrected chi connectivity index (χ0v) is 16.1. The molecule has 0 bridgehead atoms. The molecule has 1 aliphatic heterocycles. The maximum absolute atomic E-state index is 12.2.